The van der Waals surface area contributed by atoms with Gasteiger partial charge >= 0.3 is 5.97 Å². The lowest BCUT2D eigenvalue weighted by Gasteiger charge is -2.28. The van der Waals surface area contributed by atoms with E-state index in [0.717, 1.165) is 11.1 Å². The molecule has 0 aromatic heterocycles. The zero-order valence-electron chi connectivity index (χ0n) is 17.8. The molecule has 8 nitrogen and oxygen atoms in total. The summed E-state index contributed by atoms with van der Waals surface area (Å²) in [6, 6.07) is 21.0. The average molecular weight is 446 g/mol. The molecule has 0 aliphatic carbocycles. The fourth-order valence-corrected chi connectivity index (χ4v) is 3.65. The molecule has 1 fully saturated rings. The molecular weight excluding hydrogens is 424 g/mol. The summed E-state index contributed by atoms with van der Waals surface area (Å²) in [5.41, 5.74) is 2.67. The van der Waals surface area contributed by atoms with Crippen LogP contribution < -0.4 is 4.90 Å². The zero-order valence-corrected chi connectivity index (χ0v) is 17.8. The van der Waals surface area contributed by atoms with Crippen LogP contribution in [0.5, 0.6) is 0 Å². The Morgan fingerprint density at radius 1 is 0.909 bits per heavy atom. The summed E-state index contributed by atoms with van der Waals surface area (Å²) in [6.07, 6.45) is 0. The highest BCUT2D eigenvalue weighted by atomic mass is 16.6. The molecule has 33 heavy (non-hydrogen) atoms. The Bertz CT molecular complexity index is 1160. The van der Waals surface area contributed by atoms with E-state index in [1.807, 2.05) is 47.4 Å². The second kappa shape index (κ2) is 10.1. The quantitative estimate of drug-likeness (QED) is 0.233. The number of ketones is 1. The van der Waals surface area contributed by atoms with E-state index in [-0.39, 0.29) is 17.0 Å². The Morgan fingerprint density at radius 2 is 1.55 bits per heavy atom. The van der Waals surface area contributed by atoms with Gasteiger partial charge in [-0.2, -0.15) is 0 Å². The number of carbonyl (C=O) groups is 2. The van der Waals surface area contributed by atoms with Crippen LogP contribution in [-0.4, -0.2) is 49.6 Å². The maximum Gasteiger partial charge on any atom is 0.338 e. The minimum Gasteiger partial charge on any atom is -0.454 e. The van der Waals surface area contributed by atoms with Crippen molar-refractivity contribution in [3.05, 3.63) is 94.0 Å². The molecule has 0 bridgehead atoms. The molecule has 0 atom stereocenters. The minimum atomic E-state index is -0.791. The monoisotopic (exact) mass is 446 g/mol. The van der Waals surface area contributed by atoms with Gasteiger partial charge in [-0.05, 0) is 23.3 Å². The van der Waals surface area contributed by atoms with Crippen molar-refractivity contribution < 1.29 is 24.0 Å². The van der Waals surface area contributed by atoms with Crippen LogP contribution in [0.15, 0.2) is 72.8 Å². The molecule has 1 aliphatic rings. The van der Waals surface area contributed by atoms with Crippen molar-refractivity contribution in [2.24, 2.45) is 0 Å². The van der Waals surface area contributed by atoms with E-state index in [1.54, 1.807) is 12.1 Å². The smallest absolute Gasteiger partial charge is 0.338 e. The number of morpholine rings is 1. The topological polar surface area (TPSA) is 99.0 Å². The molecule has 168 valence electrons. The zero-order chi connectivity index (χ0) is 23.2. The van der Waals surface area contributed by atoms with Crippen molar-refractivity contribution in [3.8, 4) is 11.1 Å². The van der Waals surface area contributed by atoms with Gasteiger partial charge < -0.3 is 14.4 Å². The SMILES string of the molecule is O=C(COC(=O)c1ccc(N2CCOCC2)c([N+](=O)[O-])c1)c1ccc(-c2ccccc2)cc1. The normalized spacial score (nSPS) is 13.4. The van der Waals surface area contributed by atoms with Crippen LogP contribution in [0.3, 0.4) is 0 Å². The molecule has 0 saturated carbocycles. The fraction of sp³-hybridized carbons (Fsp3) is 0.200. The second-order valence-corrected chi connectivity index (χ2v) is 7.50. The van der Waals surface area contributed by atoms with E-state index in [9.17, 15) is 19.7 Å². The number of anilines is 1. The molecule has 1 saturated heterocycles. The van der Waals surface area contributed by atoms with Crippen molar-refractivity contribution in [2.45, 2.75) is 0 Å². The maximum atomic E-state index is 12.5. The largest absolute Gasteiger partial charge is 0.454 e. The van der Waals surface area contributed by atoms with Gasteiger partial charge in [0.25, 0.3) is 5.69 Å². The van der Waals surface area contributed by atoms with Gasteiger partial charge in [0, 0.05) is 24.7 Å². The van der Waals surface area contributed by atoms with Gasteiger partial charge in [0.2, 0.25) is 0 Å². The summed E-state index contributed by atoms with van der Waals surface area (Å²) < 4.78 is 10.4. The Labute approximate surface area is 190 Å². The fourth-order valence-electron chi connectivity index (χ4n) is 3.65. The van der Waals surface area contributed by atoms with Gasteiger partial charge in [0.05, 0.1) is 23.7 Å². The first-order chi connectivity index (χ1) is 16.0. The highest BCUT2D eigenvalue weighted by Crippen LogP contribution is 2.30. The van der Waals surface area contributed by atoms with Crippen molar-refractivity contribution >= 4 is 23.1 Å². The summed E-state index contributed by atoms with van der Waals surface area (Å²) in [5.74, 6) is -1.15. The maximum absolute atomic E-state index is 12.5. The lowest BCUT2D eigenvalue weighted by atomic mass is 10.0. The number of nitro benzene ring substituents is 1. The molecule has 0 amide bonds. The Kier molecular flexibility index (Phi) is 6.75. The molecule has 0 unspecified atom stereocenters. The number of Topliss-reactive ketones (excluding diaryl/α,β-unsaturated/α-hetero) is 1. The number of esters is 1. The molecule has 1 heterocycles. The van der Waals surface area contributed by atoms with Crippen molar-refractivity contribution in [1.82, 2.24) is 0 Å². The van der Waals surface area contributed by atoms with Crippen LogP contribution in [-0.2, 0) is 9.47 Å². The van der Waals surface area contributed by atoms with Crippen molar-refractivity contribution in [2.75, 3.05) is 37.8 Å². The molecule has 3 aromatic rings. The third-order valence-corrected chi connectivity index (χ3v) is 5.41. The van der Waals surface area contributed by atoms with E-state index < -0.39 is 17.5 Å². The molecule has 0 N–H and O–H groups in total. The second-order valence-electron chi connectivity index (χ2n) is 7.50. The van der Waals surface area contributed by atoms with Gasteiger partial charge in [-0.25, -0.2) is 4.79 Å². The highest BCUT2D eigenvalue weighted by molar-refractivity contribution is 6.00. The van der Waals surface area contributed by atoms with Crippen LogP contribution in [0.2, 0.25) is 0 Å². The summed E-state index contributed by atoms with van der Waals surface area (Å²) in [7, 11) is 0. The average Bonchev–Trinajstić information content (AvgIpc) is 2.87. The van der Waals surface area contributed by atoms with Gasteiger partial charge in [0.1, 0.15) is 5.69 Å². The molecule has 3 aromatic carbocycles. The first-order valence-electron chi connectivity index (χ1n) is 10.5. The molecular formula is C25H22N2O6. The molecule has 1 aliphatic heterocycles. The Morgan fingerprint density at radius 3 is 2.21 bits per heavy atom. The number of benzene rings is 3. The molecule has 0 spiro atoms. The van der Waals surface area contributed by atoms with Gasteiger partial charge in [-0.3, -0.25) is 14.9 Å². The third kappa shape index (κ3) is 5.24. The van der Waals surface area contributed by atoms with Crippen molar-refractivity contribution in [3.63, 3.8) is 0 Å². The highest BCUT2D eigenvalue weighted by Gasteiger charge is 2.24. The van der Waals surface area contributed by atoms with Crippen LogP contribution in [0.25, 0.3) is 11.1 Å². The van der Waals surface area contributed by atoms with Crippen LogP contribution in [0, 0.1) is 10.1 Å². The van der Waals surface area contributed by atoms with Gasteiger partial charge in [-0.15, -0.1) is 0 Å². The van der Waals surface area contributed by atoms with Gasteiger partial charge in [-0.1, -0.05) is 54.6 Å². The first kappa shape index (κ1) is 22.2. The number of hydrogen-bond donors (Lipinski definition) is 0. The van der Waals surface area contributed by atoms with Crippen LogP contribution in [0.1, 0.15) is 20.7 Å². The lowest BCUT2D eigenvalue weighted by Crippen LogP contribution is -2.36. The summed E-state index contributed by atoms with van der Waals surface area (Å²) in [5, 5.41) is 11.6. The van der Waals surface area contributed by atoms with E-state index in [1.165, 1.54) is 18.2 Å². The van der Waals surface area contributed by atoms with E-state index in [0.29, 0.717) is 37.6 Å². The number of rotatable bonds is 7. The number of nitrogens with zero attached hydrogens (tertiary/aromatic N) is 2. The number of carbonyl (C=O) groups excluding carboxylic acids is 2. The predicted octanol–water partition coefficient (Wildman–Crippen LogP) is 4.14. The summed E-state index contributed by atoms with van der Waals surface area (Å²) in [6.45, 7) is 1.57. The number of hydrogen-bond acceptors (Lipinski definition) is 7. The Balaban J connectivity index is 1.41. The van der Waals surface area contributed by atoms with Crippen molar-refractivity contribution in [1.29, 1.82) is 0 Å². The first-order valence-corrected chi connectivity index (χ1v) is 10.5. The molecule has 8 heteroatoms. The van der Waals surface area contributed by atoms with E-state index in [4.69, 9.17) is 9.47 Å². The Hall–Kier alpha value is -4.04. The van der Waals surface area contributed by atoms with E-state index in [2.05, 4.69) is 0 Å². The summed E-state index contributed by atoms with van der Waals surface area (Å²) >= 11 is 0. The van der Waals surface area contributed by atoms with Crippen LogP contribution >= 0.6 is 0 Å². The standard InChI is InChI=1S/C25H22N2O6/c28-24(20-8-6-19(7-9-20)18-4-2-1-3-5-18)17-33-25(29)21-10-11-22(23(16-21)27(30)31)26-12-14-32-15-13-26/h1-11,16H,12-15,17H2. The van der Waals surface area contributed by atoms with Crippen LogP contribution in [0.4, 0.5) is 11.4 Å². The molecule has 4 rings (SSSR count). The predicted molar refractivity (Wildman–Crippen MR) is 123 cm³/mol. The molecule has 0 radical (unpaired) electrons. The number of ether oxygens (including phenoxy) is 2. The summed E-state index contributed by atoms with van der Waals surface area (Å²) in [4.78, 5) is 37.8. The minimum absolute atomic E-state index is 0.0194. The van der Waals surface area contributed by atoms with Gasteiger partial charge in [0.15, 0.2) is 12.4 Å². The lowest BCUT2D eigenvalue weighted by molar-refractivity contribution is -0.384. The number of nitro groups is 1. The third-order valence-electron chi connectivity index (χ3n) is 5.41. The van der Waals surface area contributed by atoms with E-state index >= 15 is 0 Å².